The predicted molar refractivity (Wildman–Crippen MR) is 90.7 cm³/mol. The fourth-order valence-electron chi connectivity index (χ4n) is 3.27. The molecule has 2 saturated carbocycles. The molecule has 3 rings (SSSR count). The van der Waals surface area contributed by atoms with Crippen molar-refractivity contribution in [1.29, 1.82) is 0 Å². The van der Waals surface area contributed by atoms with Crippen molar-refractivity contribution in [2.45, 2.75) is 70.6 Å². The molecule has 0 aromatic heterocycles. The standard InChI is InChI=1S/C18H26BrNO/c1-2-13-5-3-4-6-18(13)21-16-9-10-17(19)14(11-16)12-20-15-7-8-15/h9-11,13,15,18,20H,2-8,12H2,1H3. The number of nitrogens with one attached hydrogen (secondary N) is 1. The quantitative estimate of drug-likeness (QED) is 0.774. The zero-order valence-electron chi connectivity index (χ0n) is 12.9. The van der Waals surface area contributed by atoms with E-state index in [-0.39, 0.29) is 0 Å². The SMILES string of the molecule is CCC1CCCCC1Oc1ccc(Br)c(CNC2CC2)c1. The highest BCUT2D eigenvalue weighted by molar-refractivity contribution is 9.10. The molecule has 2 aliphatic carbocycles. The van der Waals surface area contributed by atoms with E-state index in [1.807, 2.05) is 0 Å². The van der Waals surface area contributed by atoms with E-state index in [4.69, 9.17) is 4.74 Å². The van der Waals surface area contributed by atoms with Gasteiger partial charge in [-0.1, -0.05) is 29.3 Å². The Bertz CT molecular complexity index is 472. The highest BCUT2D eigenvalue weighted by Crippen LogP contribution is 2.32. The maximum absolute atomic E-state index is 6.33. The van der Waals surface area contributed by atoms with Crippen LogP contribution in [0.25, 0.3) is 0 Å². The van der Waals surface area contributed by atoms with Gasteiger partial charge >= 0.3 is 0 Å². The second-order valence-electron chi connectivity index (χ2n) is 6.52. The summed E-state index contributed by atoms with van der Waals surface area (Å²) in [6.07, 6.45) is 9.52. The van der Waals surface area contributed by atoms with Gasteiger partial charge in [0.1, 0.15) is 11.9 Å². The van der Waals surface area contributed by atoms with Gasteiger partial charge in [-0.3, -0.25) is 0 Å². The third-order valence-corrected chi connectivity index (χ3v) is 5.60. The summed E-state index contributed by atoms with van der Waals surface area (Å²) in [5.41, 5.74) is 1.31. The Kier molecular flexibility index (Phi) is 5.23. The largest absolute Gasteiger partial charge is 0.490 e. The lowest BCUT2D eigenvalue weighted by Gasteiger charge is -2.31. The minimum absolute atomic E-state index is 0.411. The van der Waals surface area contributed by atoms with E-state index in [0.717, 1.165) is 24.3 Å². The Morgan fingerprint density at radius 2 is 2.00 bits per heavy atom. The molecule has 116 valence electrons. The average molecular weight is 352 g/mol. The Morgan fingerprint density at radius 3 is 2.76 bits per heavy atom. The van der Waals surface area contributed by atoms with Gasteiger partial charge in [0.05, 0.1) is 0 Å². The highest BCUT2D eigenvalue weighted by Gasteiger charge is 2.25. The Balaban J connectivity index is 1.64. The van der Waals surface area contributed by atoms with Crippen LogP contribution in [-0.4, -0.2) is 12.1 Å². The van der Waals surface area contributed by atoms with Crippen LogP contribution in [0.5, 0.6) is 5.75 Å². The fourth-order valence-corrected chi connectivity index (χ4v) is 3.66. The average Bonchev–Trinajstić information content (AvgIpc) is 3.32. The summed E-state index contributed by atoms with van der Waals surface area (Å²) in [5.74, 6) is 1.77. The molecule has 0 aliphatic heterocycles. The van der Waals surface area contributed by atoms with Crippen LogP contribution >= 0.6 is 15.9 Å². The number of halogens is 1. The first-order valence-electron chi connectivity index (χ1n) is 8.44. The second kappa shape index (κ2) is 7.15. The van der Waals surface area contributed by atoms with Gasteiger partial charge in [-0.25, -0.2) is 0 Å². The number of hydrogen-bond donors (Lipinski definition) is 1. The van der Waals surface area contributed by atoms with Crippen molar-refractivity contribution in [1.82, 2.24) is 5.32 Å². The first-order chi connectivity index (χ1) is 10.3. The number of ether oxygens (including phenoxy) is 1. The van der Waals surface area contributed by atoms with Crippen LogP contribution in [-0.2, 0) is 6.54 Å². The van der Waals surface area contributed by atoms with Gasteiger partial charge in [0.25, 0.3) is 0 Å². The molecule has 2 unspecified atom stereocenters. The van der Waals surface area contributed by atoms with Gasteiger partial charge in [-0.15, -0.1) is 0 Å². The Morgan fingerprint density at radius 1 is 1.19 bits per heavy atom. The summed E-state index contributed by atoms with van der Waals surface area (Å²) in [6.45, 7) is 3.23. The van der Waals surface area contributed by atoms with Crippen LogP contribution in [0.3, 0.4) is 0 Å². The Hall–Kier alpha value is -0.540. The van der Waals surface area contributed by atoms with Crippen molar-refractivity contribution in [3.63, 3.8) is 0 Å². The first kappa shape index (κ1) is 15.4. The van der Waals surface area contributed by atoms with E-state index in [9.17, 15) is 0 Å². The molecule has 3 heteroatoms. The van der Waals surface area contributed by atoms with Crippen molar-refractivity contribution < 1.29 is 4.74 Å². The molecule has 2 atom stereocenters. The zero-order chi connectivity index (χ0) is 14.7. The highest BCUT2D eigenvalue weighted by atomic mass is 79.9. The maximum Gasteiger partial charge on any atom is 0.120 e. The summed E-state index contributed by atoms with van der Waals surface area (Å²) < 4.78 is 7.51. The third kappa shape index (κ3) is 4.23. The number of benzene rings is 1. The molecule has 0 bridgehead atoms. The van der Waals surface area contributed by atoms with E-state index in [1.165, 1.54) is 55.0 Å². The molecule has 0 saturated heterocycles. The summed E-state index contributed by atoms with van der Waals surface area (Å²) in [6, 6.07) is 7.18. The summed E-state index contributed by atoms with van der Waals surface area (Å²) in [4.78, 5) is 0. The minimum Gasteiger partial charge on any atom is -0.490 e. The van der Waals surface area contributed by atoms with Gasteiger partial charge in [-0.05, 0) is 68.2 Å². The molecule has 2 nitrogen and oxygen atoms in total. The summed E-state index contributed by atoms with van der Waals surface area (Å²) in [5, 5.41) is 3.58. The molecule has 21 heavy (non-hydrogen) atoms. The summed E-state index contributed by atoms with van der Waals surface area (Å²) >= 11 is 3.66. The van der Waals surface area contributed by atoms with E-state index in [0.29, 0.717) is 6.10 Å². The molecule has 1 aromatic rings. The topological polar surface area (TPSA) is 21.3 Å². The number of hydrogen-bond acceptors (Lipinski definition) is 2. The van der Waals surface area contributed by atoms with Gasteiger partial charge < -0.3 is 10.1 Å². The van der Waals surface area contributed by atoms with Crippen LogP contribution in [0.4, 0.5) is 0 Å². The van der Waals surface area contributed by atoms with E-state index in [2.05, 4.69) is 46.4 Å². The Labute approximate surface area is 136 Å². The van der Waals surface area contributed by atoms with Gasteiger partial charge in [0, 0.05) is 17.1 Å². The maximum atomic E-state index is 6.33. The second-order valence-corrected chi connectivity index (χ2v) is 7.37. The molecule has 1 aromatic carbocycles. The molecule has 2 aliphatic rings. The lowest BCUT2D eigenvalue weighted by molar-refractivity contribution is 0.0903. The van der Waals surface area contributed by atoms with Crippen LogP contribution in [0.15, 0.2) is 22.7 Å². The normalized spacial score (nSPS) is 25.8. The van der Waals surface area contributed by atoms with Crippen LogP contribution in [0.1, 0.15) is 57.4 Å². The van der Waals surface area contributed by atoms with Crippen molar-refractivity contribution in [3.8, 4) is 5.75 Å². The van der Waals surface area contributed by atoms with E-state index >= 15 is 0 Å². The van der Waals surface area contributed by atoms with Crippen molar-refractivity contribution in [2.75, 3.05) is 0 Å². The van der Waals surface area contributed by atoms with Crippen molar-refractivity contribution in [2.24, 2.45) is 5.92 Å². The fraction of sp³-hybridized carbons (Fsp3) is 0.667. The van der Waals surface area contributed by atoms with E-state index < -0.39 is 0 Å². The molecule has 0 radical (unpaired) electrons. The zero-order valence-corrected chi connectivity index (χ0v) is 14.5. The minimum atomic E-state index is 0.411. The molecule has 0 amide bonds. The van der Waals surface area contributed by atoms with Crippen molar-refractivity contribution in [3.05, 3.63) is 28.2 Å². The van der Waals surface area contributed by atoms with Crippen LogP contribution < -0.4 is 10.1 Å². The van der Waals surface area contributed by atoms with E-state index in [1.54, 1.807) is 0 Å². The van der Waals surface area contributed by atoms with Gasteiger partial charge in [0.15, 0.2) is 0 Å². The molecule has 0 spiro atoms. The van der Waals surface area contributed by atoms with Crippen LogP contribution in [0.2, 0.25) is 0 Å². The monoisotopic (exact) mass is 351 g/mol. The van der Waals surface area contributed by atoms with Crippen LogP contribution in [0, 0.1) is 5.92 Å². The summed E-state index contributed by atoms with van der Waals surface area (Å²) in [7, 11) is 0. The van der Waals surface area contributed by atoms with Gasteiger partial charge in [-0.2, -0.15) is 0 Å². The van der Waals surface area contributed by atoms with Gasteiger partial charge in [0.2, 0.25) is 0 Å². The molecule has 1 N–H and O–H groups in total. The first-order valence-corrected chi connectivity index (χ1v) is 9.24. The molecule has 2 fully saturated rings. The smallest absolute Gasteiger partial charge is 0.120 e. The number of rotatable bonds is 6. The predicted octanol–water partition coefficient (Wildman–Crippen LogP) is 5.05. The van der Waals surface area contributed by atoms with Crippen molar-refractivity contribution >= 4 is 15.9 Å². The lowest BCUT2D eigenvalue weighted by atomic mass is 9.85. The molecular weight excluding hydrogens is 326 g/mol. The molecular formula is C18H26BrNO. The molecule has 0 heterocycles. The third-order valence-electron chi connectivity index (χ3n) is 4.83. The lowest BCUT2D eigenvalue weighted by Crippen LogP contribution is -2.30.